The molecule has 0 spiro atoms. The minimum absolute atomic E-state index is 0.0747. The third-order valence-corrected chi connectivity index (χ3v) is 3.30. The van der Waals surface area contributed by atoms with Gasteiger partial charge in [-0.3, -0.25) is 0 Å². The number of hydrogen-bond acceptors (Lipinski definition) is 2. The van der Waals surface area contributed by atoms with Gasteiger partial charge in [-0.2, -0.15) is 18.3 Å². The van der Waals surface area contributed by atoms with Crippen LogP contribution in [0.3, 0.4) is 0 Å². The van der Waals surface area contributed by atoms with Crippen LogP contribution in [-0.4, -0.2) is 9.78 Å². The summed E-state index contributed by atoms with van der Waals surface area (Å²) in [6, 6.07) is 13.0. The molecule has 21 heavy (non-hydrogen) atoms. The maximum atomic E-state index is 13.1. The van der Waals surface area contributed by atoms with Gasteiger partial charge in [0.2, 0.25) is 0 Å². The first-order chi connectivity index (χ1) is 10.0. The molecule has 0 bridgehead atoms. The van der Waals surface area contributed by atoms with Crippen LogP contribution in [0.1, 0.15) is 11.3 Å². The van der Waals surface area contributed by atoms with Gasteiger partial charge in [-0.05, 0) is 18.2 Å². The zero-order chi connectivity index (χ0) is 15.0. The predicted molar refractivity (Wildman–Crippen MR) is 74.0 cm³/mol. The lowest BCUT2D eigenvalue weighted by molar-refractivity contribution is -0.136. The summed E-state index contributed by atoms with van der Waals surface area (Å²) in [5, 5.41) is 4.56. The number of fused-ring (bicyclic) bond motifs is 1. The average Bonchev–Trinajstić information content (AvgIpc) is 2.85. The molecule has 3 nitrogen and oxygen atoms in total. The van der Waals surface area contributed by atoms with E-state index in [0.29, 0.717) is 16.8 Å². The fraction of sp³-hybridized carbons (Fsp3) is 0.133. The highest BCUT2D eigenvalue weighted by atomic mass is 19.4. The minimum atomic E-state index is -4.44. The molecule has 0 radical (unpaired) electrons. The van der Waals surface area contributed by atoms with E-state index in [1.165, 1.54) is 10.7 Å². The SMILES string of the molecule is NCc1c2cccc(C(F)(F)F)c2nn1-c1ccccc1. The Hall–Kier alpha value is -2.34. The molecule has 0 saturated carbocycles. The molecule has 2 aromatic carbocycles. The van der Waals surface area contributed by atoms with Crippen molar-refractivity contribution < 1.29 is 13.2 Å². The van der Waals surface area contributed by atoms with E-state index in [-0.39, 0.29) is 12.1 Å². The van der Waals surface area contributed by atoms with Gasteiger partial charge in [0.1, 0.15) is 5.52 Å². The fourth-order valence-electron chi connectivity index (χ4n) is 2.37. The van der Waals surface area contributed by atoms with E-state index in [9.17, 15) is 13.2 Å². The van der Waals surface area contributed by atoms with E-state index >= 15 is 0 Å². The van der Waals surface area contributed by atoms with Gasteiger partial charge in [0, 0.05) is 11.9 Å². The summed E-state index contributed by atoms with van der Waals surface area (Å²) in [5.41, 5.74) is 6.14. The maximum absolute atomic E-state index is 13.1. The van der Waals surface area contributed by atoms with Crippen molar-refractivity contribution in [3.05, 3.63) is 59.8 Å². The van der Waals surface area contributed by atoms with Crippen molar-refractivity contribution in [1.29, 1.82) is 0 Å². The molecule has 3 aromatic rings. The zero-order valence-electron chi connectivity index (χ0n) is 10.9. The van der Waals surface area contributed by atoms with Crippen molar-refractivity contribution in [2.24, 2.45) is 5.73 Å². The van der Waals surface area contributed by atoms with E-state index in [2.05, 4.69) is 5.10 Å². The third-order valence-electron chi connectivity index (χ3n) is 3.30. The summed E-state index contributed by atoms with van der Waals surface area (Å²) in [4.78, 5) is 0. The first-order valence-electron chi connectivity index (χ1n) is 6.35. The zero-order valence-corrected chi connectivity index (χ0v) is 10.9. The van der Waals surface area contributed by atoms with Crippen molar-refractivity contribution in [2.45, 2.75) is 12.7 Å². The van der Waals surface area contributed by atoms with E-state index in [4.69, 9.17) is 5.73 Å². The standard InChI is InChI=1S/C15H12F3N3/c16-15(17,18)12-8-4-7-11-13(9-19)21(20-14(11)12)10-5-2-1-3-6-10/h1-8H,9,19H2. The highest BCUT2D eigenvalue weighted by molar-refractivity contribution is 5.85. The third kappa shape index (κ3) is 2.27. The number of halogens is 3. The molecule has 0 fully saturated rings. The first-order valence-corrected chi connectivity index (χ1v) is 6.35. The molecule has 0 atom stereocenters. The first kappa shape index (κ1) is 13.6. The van der Waals surface area contributed by atoms with Crippen LogP contribution in [0.25, 0.3) is 16.6 Å². The Labute approximate surface area is 118 Å². The summed E-state index contributed by atoms with van der Waals surface area (Å²) in [5.74, 6) is 0. The molecule has 108 valence electrons. The minimum Gasteiger partial charge on any atom is -0.325 e. The van der Waals surface area contributed by atoms with Crippen LogP contribution < -0.4 is 5.73 Å². The topological polar surface area (TPSA) is 43.8 Å². The lowest BCUT2D eigenvalue weighted by atomic mass is 10.1. The van der Waals surface area contributed by atoms with Gasteiger partial charge in [0.05, 0.1) is 16.9 Å². The Morgan fingerprint density at radius 2 is 1.71 bits per heavy atom. The van der Waals surface area contributed by atoms with E-state index in [1.807, 2.05) is 6.07 Å². The van der Waals surface area contributed by atoms with Crippen LogP contribution in [0.5, 0.6) is 0 Å². The van der Waals surface area contributed by atoms with Crippen molar-refractivity contribution in [2.75, 3.05) is 0 Å². The lowest BCUT2D eigenvalue weighted by Gasteiger charge is -2.06. The largest absolute Gasteiger partial charge is 0.418 e. The van der Waals surface area contributed by atoms with Gasteiger partial charge in [-0.1, -0.05) is 30.3 Å². The second-order valence-electron chi connectivity index (χ2n) is 4.60. The van der Waals surface area contributed by atoms with Gasteiger partial charge >= 0.3 is 6.18 Å². The summed E-state index contributed by atoms with van der Waals surface area (Å²) < 4.78 is 40.7. The molecule has 0 aliphatic carbocycles. The van der Waals surface area contributed by atoms with Crippen LogP contribution in [0.4, 0.5) is 13.2 Å². The highest BCUT2D eigenvalue weighted by Crippen LogP contribution is 2.35. The quantitative estimate of drug-likeness (QED) is 0.785. The molecule has 0 aliphatic heterocycles. The Bertz CT molecular complexity index is 776. The number of para-hydroxylation sites is 1. The molecule has 0 saturated heterocycles. The Morgan fingerprint density at radius 3 is 2.33 bits per heavy atom. The molecule has 1 heterocycles. The van der Waals surface area contributed by atoms with Crippen LogP contribution in [0.15, 0.2) is 48.5 Å². The second-order valence-corrected chi connectivity index (χ2v) is 4.60. The molecule has 0 amide bonds. The van der Waals surface area contributed by atoms with E-state index in [0.717, 1.165) is 6.07 Å². The predicted octanol–water partition coefficient (Wildman–Crippen LogP) is 3.50. The van der Waals surface area contributed by atoms with E-state index in [1.54, 1.807) is 30.3 Å². The van der Waals surface area contributed by atoms with Gasteiger partial charge in [-0.15, -0.1) is 0 Å². The molecular weight excluding hydrogens is 279 g/mol. The fourth-order valence-corrected chi connectivity index (χ4v) is 2.37. The molecule has 0 unspecified atom stereocenters. The van der Waals surface area contributed by atoms with Gasteiger partial charge in [0.25, 0.3) is 0 Å². The van der Waals surface area contributed by atoms with Gasteiger partial charge in [-0.25, -0.2) is 4.68 Å². The maximum Gasteiger partial charge on any atom is 0.418 e. The lowest BCUT2D eigenvalue weighted by Crippen LogP contribution is -2.07. The Morgan fingerprint density at radius 1 is 1.00 bits per heavy atom. The van der Waals surface area contributed by atoms with Crippen LogP contribution in [0.2, 0.25) is 0 Å². The van der Waals surface area contributed by atoms with Crippen molar-refractivity contribution in [3.8, 4) is 5.69 Å². The molecule has 0 aliphatic rings. The number of hydrogen-bond donors (Lipinski definition) is 1. The number of nitrogens with two attached hydrogens (primary N) is 1. The number of aromatic nitrogens is 2. The number of rotatable bonds is 2. The molecule has 1 aromatic heterocycles. The molecule has 3 rings (SSSR count). The molecule has 6 heteroatoms. The molecular formula is C15H12F3N3. The number of benzene rings is 2. The van der Waals surface area contributed by atoms with Crippen LogP contribution >= 0.6 is 0 Å². The van der Waals surface area contributed by atoms with Gasteiger partial charge < -0.3 is 5.73 Å². The Balaban J connectivity index is 2.33. The highest BCUT2D eigenvalue weighted by Gasteiger charge is 2.34. The smallest absolute Gasteiger partial charge is 0.325 e. The summed E-state index contributed by atoms with van der Waals surface area (Å²) >= 11 is 0. The van der Waals surface area contributed by atoms with Crippen molar-refractivity contribution in [1.82, 2.24) is 9.78 Å². The van der Waals surface area contributed by atoms with Crippen LogP contribution in [0, 0.1) is 0 Å². The monoisotopic (exact) mass is 291 g/mol. The number of nitrogens with zero attached hydrogens (tertiary/aromatic N) is 2. The summed E-state index contributed by atoms with van der Waals surface area (Å²) in [6.07, 6.45) is -4.44. The van der Waals surface area contributed by atoms with Crippen molar-refractivity contribution in [3.63, 3.8) is 0 Å². The number of alkyl halides is 3. The summed E-state index contributed by atoms with van der Waals surface area (Å²) in [6.45, 7) is 0.104. The van der Waals surface area contributed by atoms with Crippen molar-refractivity contribution >= 4 is 10.9 Å². The molecule has 2 N–H and O–H groups in total. The Kier molecular flexibility index (Phi) is 3.17. The normalized spacial score (nSPS) is 12.0. The second kappa shape index (κ2) is 4.89. The van der Waals surface area contributed by atoms with E-state index < -0.39 is 11.7 Å². The van der Waals surface area contributed by atoms with Gasteiger partial charge in [0.15, 0.2) is 0 Å². The summed E-state index contributed by atoms with van der Waals surface area (Å²) in [7, 11) is 0. The average molecular weight is 291 g/mol. The van der Waals surface area contributed by atoms with Crippen LogP contribution in [-0.2, 0) is 12.7 Å².